The number of rotatable bonds is 7. The van der Waals surface area contributed by atoms with Gasteiger partial charge in [-0.1, -0.05) is 22.9 Å². The average molecular weight is 437 g/mol. The standard InChI is InChI=1S/C19H18ClFN4O3S/c1-4-28-9-14-24-25-19(29-14)23-18(26)11-6-5-10(2)22-17(11)15-13(27-3)8-7-12(20)16(15)21/h5-8H,4,9H2,1-3H3,(H,23,25,26). The molecule has 0 saturated carbocycles. The van der Waals surface area contributed by atoms with Gasteiger partial charge < -0.3 is 9.47 Å². The molecule has 0 saturated heterocycles. The van der Waals surface area contributed by atoms with Crippen molar-refractivity contribution in [1.82, 2.24) is 15.2 Å². The zero-order valence-electron chi connectivity index (χ0n) is 16.0. The Morgan fingerprint density at radius 3 is 2.79 bits per heavy atom. The number of hydrogen-bond acceptors (Lipinski definition) is 7. The fourth-order valence-electron chi connectivity index (χ4n) is 2.57. The second-order valence-electron chi connectivity index (χ2n) is 5.88. The van der Waals surface area contributed by atoms with Crippen LogP contribution in [0.5, 0.6) is 5.75 Å². The van der Waals surface area contributed by atoms with E-state index >= 15 is 0 Å². The Bertz CT molecular complexity index is 1040. The summed E-state index contributed by atoms with van der Waals surface area (Å²) < 4.78 is 25.4. The van der Waals surface area contributed by atoms with E-state index in [-0.39, 0.29) is 27.6 Å². The highest BCUT2D eigenvalue weighted by Crippen LogP contribution is 2.37. The molecule has 2 aromatic heterocycles. The number of methoxy groups -OCH3 is 1. The fourth-order valence-corrected chi connectivity index (χ4v) is 3.40. The van der Waals surface area contributed by atoms with Crippen molar-refractivity contribution in [3.05, 3.63) is 51.4 Å². The van der Waals surface area contributed by atoms with E-state index in [4.69, 9.17) is 21.1 Å². The summed E-state index contributed by atoms with van der Waals surface area (Å²) >= 11 is 7.15. The Morgan fingerprint density at radius 2 is 2.07 bits per heavy atom. The first kappa shape index (κ1) is 21.1. The Labute approximate surface area is 175 Å². The van der Waals surface area contributed by atoms with Crippen LogP contribution in [0.2, 0.25) is 5.02 Å². The third kappa shape index (κ3) is 4.69. The number of benzene rings is 1. The van der Waals surface area contributed by atoms with Crippen molar-refractivity contribution in [2.75, 3.05) is 19.0 Å². The first-order chi connectivity index (χ1) is 13.9. The van der Waals surface area contributed by atoms with Crippen LogP contribution in [0.3, 0.4) is 0 Å². The number of aromatic nitrogens is 3. The fraction of sp³-hybridized carbons (Fsp3) is 0.263. The Balaban J connectivity index is 1.99. The summed E-state index contributed by atoms with van der Waals surface area (Å²) in [6, 6.07) is 6.13. The lowest BCUT2D eigenvalue weighted by Crippen LogP contribution is -2.14. The van der Waals surface area contributed by atoms with Crippen LogP contribution in [0.15, 0.2) is 24.3 Å². The van der Waals surface area contributed by atoms with E-state index in [1.54, 1.807) is 19.1 Å². The van der Waals surface area contributed by atoms with Crippen LogP contribution in [0.4, 0.5) is 9.52 Å². The highest BCUT2D eigenvalue weighted by atomic mass is 35.5. The number of nitrogens with zero attached hydrogens (tertiary/aromatic N) is 3. The molecule has 29 heavy (non-hydrogen) atoms. The number of pyridine rings is 1. The lowest BCUT2D eigenvalue weighted by Gasteiger charge is -2.14. The topological polar surface area (TPSA) is 86.2 Å². The number of halogens is 2. The molecule has 0 unspecified atom stereocenters. The minimum atomic E-state index is -0.715. The van der Waals surface area contributed by atoms with Crippen LogP contribution >= 0.6 is 22.9 Å². The van der Waals surface area contributed by atoms with Crippen molar-refractivity contribution < 1.29 is 18.7 Å². The first-order valence-corrected chi connectivity index (χ1v) is 9.85. The number of nitrogens with one attached hydrogen (secondary N) is 1. The maximum atomic E-state index is 14.8. The van der Waals surface area contributed by atoms with Gasteiger partial charge in [-0.2, -0.15) is 0 Å². The van der Waals surface area contributed by atoms with Gasteiger partial charge in [-0.3, -0.25) is 15.1 Å². The van der Waals surface area contributed by atoms with Gasteiger partial charge in [-0.05, 0) is 38.1 Å². The molecule has 1 N–H and O–H groups in total. The van der Waals surface area contributed by atoms with Crippen LogP contribution in [-0.2, 0) is 11.3 Å². The minimum absolute atomic E-state index is 0.0168. The molecule has 0 radical (unpaired) electrons. The molecule has 1 aromatic carbocycles. The maximum absolute atomic E-state index is 14.8. The second kappa shape index (κ2) is 9.25. The molecule has 1 amide bonds. The van der Waals surface area contributed by atoms with E-state index in [1.807, 2.05) is 6.92 Å². The summed E-state index contributed by atoms with van der Waals surface area (Å²) in [6.07, 6.45) is 0. The predicted molar refractivity (Wildman–Crippen MR) is 109 cm³/mol. The third-order valence-corrected chi connectivity index (χ3v) is 5.01. The van der Waals surface area contributed by atoms with E-state index in [0.29, 0.717) is 29.0 Å². The summed E-state index contributed by atoms with van der Waals surface area (Å²) in [6.45, 7) is 4.47. The number of amides is 1. The summed E-state index contributed by atoms with van der Waals surface area (Å²) in [4.78, 5) is 17.3. The van der Waals surface area contributed by atoms with Gasteiger partial charge in [0.2, 0.25) is 5.13 Å². The maximum Gasteiger partial charge on any atom is 0.259 e. The normalized spacial score (nSPS) is 10.8. The molecular weight excluding hydrogens is 419 g/mol. The summed E-state index contributed by atoms with van der Waals surface area (Å²) in [5.74, 6) is -1.00. The van der Waals surface area contributed by atoms with Crippen LogP contribution in [0.25, 0.3) is 11.3 Å². The summed E-state index contributed by atoms with van der Waals surface area (Å²) in [7, 11) is 1.41. The molecule has 7 nitrogen and oxygen atoms in total. The van der Waals surface area contributed by atoms with Gasteiger partial charge in [0.25, 0.3) is 5.91 Å². The lowest BCUT2D eigenvalue weighted by atomic mass is 10.0. The molecule has 3 aromatic rings. The van der Waals surface area contributed by atoms with Crippen molar-refractivity contribution in [2.24, 2.45) is 0 Å². The van der Waals surface area contributed by atoms with Crippen LogP contribution in [0, 0.1) is 12.7 Å². The molecule has 3 rings (SSSR count). The van der Waals surface area contributed by atoms with E-state index in [2.05, 4.69) is 20.5 Å². The number of anilines is 1. The number of ether oxygens (including phenoxy) is 2. The molecule has 0 atom stereocenters. The average Bonchev–Trinajstić information content (AvgIpc) is 3.15. The largest absolute Gasteiger partial charge is 0.496 e. The molecule has 2 heterocycles. The third-order valence-electron chi connectivity index (χ3n) is 3.91. The number of carbonyl (C=O) groups is 1. The zero-order valence-corrected chi connectivity index (χ0v) is 17.5. The van der Waals surface area contributed by atoms with E-state index in [1.165, 1.54) is 30.6 Å². The van der Waals surface area contributed by atoms with E-state index in [0.717, 1.165) is 0 Å². The Kier molecular flexibility index (Phi) is 6.73. The predicted octanol–water partition coefficient (Wildman–Crippen LogP) is 4.50. The van der Waals surface area contributed by atoms with Gasteiger partial charge in [0.15, 0.2) is 5.82 Å². The molecule has 0 fully saturated rings. The molecule has 0 aliphatic rings. The molecule has 0 aliphatic carbocycles. The highest BCUT2D eigenvalue weighted by molar-refractivity contribution is 7.15. The van der Waals surface area contributed by atoms with Crippen LogP contribution < -0.4 is 10.1 Å². The van der Waals surface area contributed by atoms with E-state index in [9.17, 15) is 9.18 Å². The van der Waals surface area contributed by atoms with Crippen molar-refractivity contribution in [3.63, 3.8) is 0 Å². The summed E-state index contributed by atoms with van der Waals surface area (Å²) in [5, 5.41) is 11.4. The lowest BCUT2D eigenvalue weighted by molar-refractivity contribution is 0.102. The molecule has 152 valence electrons. The van der Waals surface area contributed by atoms with Gasteiger partial charge in [-0.15, -0.1) is 10.2 Å². The number of carbonyl (C=O) groups excluding carboxylic acids is 1. The van der Waals surface area contributed by atoms with Gasteiger partial charge in [0, 0.05) is 12.3 Å². The summed E-state index contributed by atoms with van der Waals surface area (Å²) in [5.41, 5.74) is 0.895. The molecular formula is C19H18ClFN4O3S. The molecule has 10 heteroatoms. The van der Waals surface area contributed by atoms with Crippen LogP contribution in [-0.4, -0.2) is 34.8 Å². The monoisotopic (exact) mass is 436 g/mol. The molecule has 0 bridgehead atoms. The van der Waals surface area contributed by atoms with Gasteiger partial charge in [0.05, 0.1) is 29.0 Å². The molecule has 0 spiro atoms. The minimum Gasteiger partial charge on any atom is -0.496 e. The highest BCUT2D eigenvalue weighted by Gasteiger charge is 2.23. The van der Waals surface area contributed by atoms with E-state index < -0.39 is 11.7 Å². The van der Waals surface area contributed by atoms with Gasteiger partial charge in [-0.25, -0.2) is 4.39 Å². The zero-order chi connectivity index (χ0) is 21.0. The van der Waals surface area contributed by atoms with Crippen LogP contribution in [0.1, 0.15) is 28.0 Å². The van der Waals surface area contributed by atoms with Crippen molar-refractivity contribution >= 4 is 34.0 Å². The smallest absolute Gasteiger partial charge is 0.259 e. The SMILES string of the molecule is CCOCc1nnc(NC(=O)c2ccc(C)nc2-c2c(OC)ccc(Cl)c2F)s1. The number of hydrogen-bond donors (Lipinski definition) is 1. The first-order valence-electron chi connectivity index (χ1n) is 8.66. The Morgan fingerprint density at radius 1 is 1.28 bits per heavy atom. The van der Waals surface area contributed by atoms with Crippen molar-refractivity contribution in [3.8, 4) is 17.0 Å². The molecule has 0 aliphatic heterocycles. The van der Waals surface area contributed by atoms with Crippen molar-refractivity contribution in [2.45, 2.75) is 20.5 Å². The van der Waals surface area contributed by atoms with Gasteiger partial charge in [0.1, 0.15) is 17.4 Å². The van der Waals surface area contributed by atoms with Crippen molar-refractivity contribution in [1.29, 1.82) is 0 Å². The second-order valence-corrected chi connectivity index (χ2v) is 7.35. The van der Waals surface area contributed by atoms with Gasteiger partial charge >= 0.3 is 0 Å². The number of aryl methyl sites for hydroxylation is 1. The Hall–Kier alpha value is -2.62. The quantitative estimate of drug-likeness (QED) is 0.587.